The summed E-state index contributed by atoms with van der Waals surface area (Å²) in [6.45, 7) is 6.13. The average Bonchev–Trinajstić information content (AvgIpc) is 2.38. The third-order valence-corrected chi connectivity index (χ3v) is 4.09. The van der Waals surface area contributed by atoms with Crippen LogP contribution in [0, 0.1) is 6.92 Å². The number of likely N-dealkylation sites (N-methyl/N-ethyl adjacent to an activating group) is 1. The number of benzene rings is 1. The van der Waals surface area contributed by atoms with E-state index in [1.165, 1.54) is 11.1 Å². The predicted molar refractivity (Wildman–Crippen MR) is 74.7 cm³/mol. The molecule has 0 saturated carbocycles. The number of hydrogen-bond donors (Lipinski definition) is 1. The van der Waals surface area contributed by atoms with Gasteiger partial charge < -0.3 is 10.1 Å². The van der Waals surface area contributed by atoms with Gasteiger partial charge in [-0.2, -0.15) is 11.8 Å². The zero-order chi connectivity index (χ0) is 12.1. The lowest BCUT2D eigenvalue weighted by molar-refractivity contribution is 0.0472. The fourth-order valence-corrected chi connectivity index (χ4v) is 3.06. The molecule has 1 N–H and O–H groups in total. The SMILES string of the molecule is CCNC(c1ccc(C)cc1)C1CSCCO1. The summed E-state index contributed by atoms with van der Waals surface area (Å²) in [5.74, 6) is 2.22. The monoisotopic (exact) mass is 251 g/mol. The Morgan fingerprint density at radius 2 is 2.18 bits per heavy atom. The van der Waals surface area contributed by atoms with E-state index in [0.717, 1.165) is 24.7 Å². The van der Waals surface area contributed by atoms with E-state index in [1.54, 1.807) is 0 Å². The van der Waals surface area contributed by atoms with Gasteiger partial charge in [0.15, 0.2) is 0 Å². The molecule has 2 atom stereocenters. The number of hydrogen-bond acceptors (Lipinski definition) is 3. The molecule has 0 spiro atoms. The Bertz CT molecular complexity index is 333. The topological polar surface area (TPSA) is 21.3 Å². The minimum Gasteiger partial charge on any atom is -0.375 e. The molecule has 0 radical (unpaired) electrons. The van der Waals surface area contributed by atoms with Gasteiger partial charge in [0.05, 0.1) is 18.8 Å². The molecule has 2 rings (SSSR count). The van der Waals surface area contributed by atoms with Crippen molar-refractivity contribution in [3.8, 4) is 0 Å². The first-order valence-corrected chi connectivity index (χ1v) is 7.46. The maximum Gasteiger partial charge on any atom is 0.0860 e. The molecular weight excluding hydrogens is 230 g/mol. The van der Waals surface area contributed by atoms with Crippen LogP contribution in [0.4, 0.5) is 0 Å². The molecule has 0 aliphatic carbocycles. The van der Waals surface area contributed by atoms with Crippen LogP contribution in [0.2, 0.25) is 0 Å². The summed E-state index contributed by atoms with van der Waals surface area (Å²) in [6, 6.07) is 9.11. The maximum atomic E-state index is 5.89. The fraction of sp³-hybridized carbons (Fsp3) is 0.571. The minimum atomic E-state index is 0.302. The first kappa shape index (κ1) is 12.9. The third kappa shape index (κ3) is 3.47. The van der Waals surface area contributed by atoms with Crippen molar-refractivity contribution in [3.05, 3.63) is 35.4 Å². The lowest BCUT2D eigenvalue weighted by Crippen LogP contribution is -2.38. The summed E-state index contributed by atoms with van der Waals surface area (Å²) in [4.78, 5) is 0. The predicted octanol–water partition coefficient (Wildman–Crippen LogP) is 2.78. The third-order valence-electron chi connectivity index (χ3n) is 3.07. The van der Waals surface area contributed by atoms with Gasteiger partial charge in [0.2, 0.25) is 0 Å². The Labute approximate surface area is 108 Å². The van der Waals surface area contributed by atoms with Gasteiger partial charge in [0.1, 0.15) is 0 Å². The highest BCUT2D eigenvalue weighted by Gasteiger charge is 2.25. The minimum absolute atomic E-state index is 0.302. The molecule has 17 heavy (non-hydrogen) atoms. The van der Waals surface area contributed by atoms with Gasteiger partial charge >= 0.3 is 0 Å². The van der Waals surface area contributed by atoms with Crippen LogP contribution in [0.25, 0.3) is 0 Å². The standard InChI is InChI=1S/C14H21NOS/c1-3-15-14(13-10-17-9-8-16-13)12-6-4-11(2)5-7-12/h4-7,13-15H,3,8-10H2,1-2H3. The fourth-order valence-electron chi connectivity index (χ4n) is 2.16. The van der Waals surface area contributed by atoms with Crippen molar-refractivity contribution in [1.29, 1.82) is 0 Å². The van der Waals surface area contributed by atoms with E-state index >= 15 is 0 Å². The van der Waals surface area contributed by atoms with Crippen LogP contribution in [0.3, 0.4) is 0 Å². The lowest BCUT2D eigenvalue weighted by Gasteiger charge is -2.31. The van der Waals surface area contributed by atoms with E-state index in [0.29, 0.717) is 12.1 Å². The van der Waals surface area contributed by atoms with Crippen molar-refractivity contribution in [1.82, 2.24) is 5.32 Å². The second kappa shape index (κ2) is 6.43. The molecule has 1 aromatic rings. The summed E-state index contributed by atoms with van der Waals surface area (Å²) >= 11 is 1.99. The van der Waals surface area contributed by atoms with Gasteiger partial charge in [-0.3, -0.25) is 0 Å². The molecule has 0 amide bonds. The molecule has 1 heterocycles. The van der Waals surface area contributed by atoms with E-state index in [-0.39, 0.29) is 0 Å². The van der Waals surface area contributed by atoms with Gasteiger partial charge in [-0.25, -0.2) is 0 Å². The highest BCUT2D eigenvalue weighted by Crippen LogP contribution is 2.25. The molecule has 0 aromatic heterocycles. The molecule has 3 heteroatoms. The number of thioether (sulfide) groups is 1. The van der Waals surface area contributed by atoms with Gasteiger partial charge in [0, 0.05) is 11.5 Å². The quantitative estimate of drug-likeness (QED) is 0.889. The van der Waals surface area contributed by atoms with Crippen LogP contribution in [-0.4, -0.2) is 30.8 Å². The highest BCUT2D eigenvalue weighted by atomic mass is 32.2. The van der Waals surface area contributed by atoms with Gasteiger partial charge in [-0.15, -0.1) is 0 Å². The van der Waals surface area contributed by atoms with Crippen molar-refractivity contribution in [2.24, 2.45) is 0 Å². The first-order chi connectivity index (χ1) is 8.31. The van der Waals surface area contributed by atoms with Crippen molar-refractivity contribution >= 4 is 11.8 Å². The molecule has 1 aliphatic heterocycles. The van der Waals surface area contributed by atoms with Gasteiger partial charge in [0.25, 0.3) is 0 Å². The molecule has 1 aliphatic rings. The summed E-state index contributed by atoms with van der Waals surface area (Å²) in [5, 5.41) is 3.55. The zero-order valence-electron chi connectivity index (χ0n) is 10.6. The summed E-state index contributed by atoms with van der Waals surface area (Å²) in [7, 11) is 0. The van der Waals surface area contributed by atoms with E-state index in [9.17, 15) is 0 Å². The highest BCUT2D eigenvalue weighted by molar-refractivity contribution is 7.99. The molecule has 94 valence electrons. The Morgan fingerprint density at radius 3 is 2.76 bits per heavy atom. The molecular formula is C14H21NOS. The Morgan fingerprint density at radius 1 is 1.41 bits per heavy atom. The van der Waals surface area contributed by atoms with E-state index < -0.39 is 0 Å². The molecule has 0 bridgehead atoms. The Hall–Kier alpha value is -0.510. The van der Waals surface area contributed by atoms with Crippen LogP contribution in [0.1, 0.15) is 24.1 Å². The lowest BCUT2D eigenvalue weighted by atomic mass is 10.0. The largest absolute Gasteiger partial charge is 0.375 e. The van der Waals surface area contributed by atoms with Crippen molar-refractivity contribution < 1.29 is 4.74 Å². The van der Waals surface area contributed by atoms with Crippen molar-refractivity contribution in [2.75, 3.05) is 24.7 Å². The summed E-state index contributed by atoms with van der Waals surface area (Å²) < 4.78 is 5.89. The number of nitrogens with one attached hydrogen (secondary N) is 1. The Kier molecular flexibility index (Phi) is 4.89. The molecule has 2 unspecified atom stereocenters. The normalized spacial score (nSPS) is 22.4. The first-order valence-electron chi connectivity index (χ1n) is 6.30. The second-order valence-electron chi connectivity index (χ2n) is 4.43. The average molecular weight is 251 g/mol. The van der Waals surface area contributed by atoms with E-state index in [4.69, 9.17) is 4.74 Å². The zero-order valence-corrected chi connectivity index (χ0v) is 11.4. The van der Waals surface area contributed by atoms with Crippen LogP contribution in [0.5, 0.6) is 0 Å². The smallest absolute Gasteiger partial charge is 0.0860 e. The molecule has 1 saturated heterocycles. The van der Waals surface area contributed by atoms with Crippen molar-refractivity contribution in [3.63, 3.8) is 0 Å². The maximum absolute atomic E-state index is 5.89. The van der Waals surface area contributed by atoms with E-state index in [2.05, 4.69) is 43.4 Å². The number of aryl methyl sites for hydroxylation is 1. The number of rotatable bonds is 4. The van der Waals surface area contributed by atoms with Crippen LogP contribution in [0.15, 0.2) is 24.3 Å². The summed E-state index contributed by atoms with van der Waals surface area (Å²) in [6.07, 6.45) is 0.302. The summed E-state index contributed by atoms with van der Waals surface area (Å²) in [5.41, 5.74) is 2.65. The van der Waals surface area contributed by atoms with Gasteiger partial charge in [-0.05, 0) is 19.0 Å². The Balaban J connectivity index is 2.12. The number of ether oxygens (including phenoxy) is 1. The van der Waals surface area contributed by atoms with Crippen LogP contribution < -0.4 is 5.32 Å². The van der Waals surface area contributed by atoms with E-state index in [1.807, 2.05) is 11.8 Å². The molecule has 1 fully saturated rings. The molecule has 1 aromatic carbocycles. The van der Waals surface area contributed by atoms with Crippen LogP contribution >= 0.6 is 11.8 Å². The molecule has 2 nitrogen and oxygen atoms in total. The van der Waals surface area contributed by atoms with Crippen LogP contribution in [-0.2, 0) is 4.74 Å². The van der Waals surface area contributed by atoms with Gasteiger partial charge in [-0.1, -0.05) is 36.8 Å². The second-order valence-corrected chi connectivity index (χ2v) is 5.58. The van der Waals surface area contributed by atoms with Crippen molar-refractivity contribution in [2.45, 2.75) is 26.0 Å².